The van der Waals surface area contributed by atoms with Crippen LogP contribution in [0.25, 0.3) is 11.3 Å². The number of fused-ring (bicyclic) bond motifs is 1. The molecule has 8 nitrogen and oxygen atoms in total. The summed E-state index contributed by atoms with van der Waals surface area (Å²) in [6, 6.07) is 13.0. The average molecular weight is 439 g/mol. The van der Waals surface area contributed by atoms with E-state index in [9.17, 15) is 5.26 Å². The fraction of sp³-hybridized carbons (Fsp3) is 0.182. The zero-order valence-electron chi connectivity index (χ0n) is 17.0. The number of ether oxygens (including phenoxy) is 4. The van der Waals surface area contributed by atoms with E-state index in [0.29, 0.717) is 45.0 Å². The van der Waals surface area contributed by atoms with Crippen LogP contribution in [0.15, 0.2) is 47.9 Å². The normalized spacial score (nSPS) is 15.0. The minimum Gasteiger partial charge on any atom is -0.493 e. The molecule has 31 heavy (non-hydrogen) atoms. The molecule has 3 N–H and O–H groups in total. The molecule has 0 saturated carbocycles. The van der Waals surface area contributed by atoms with Crippen LogP contribution in [0.3, 0.4) is 0 Å². The first-order valence-electron chi connectivity index (χ1n) is 9.24. The minimum absolute atomic E-state index is 0.0119. The SMILES string of the molecule is COc1cc(-c2[nH]nc3c2[C@@H](c2ccc(Cl)cc2)C(C#N)=C(N)O3)cc(OC)c1OC. The molecule has 0 bridgehead atoms. The zero-order chi connectivity index (χ0) is 22.1. The molecule has 1 atom stereocenters. The number of hydrogen-bond donors (Lipinski definition) is 2. The lowest BCUT2D eigenvalue weighted by molar-refractivity contribution is 0.324. The van der Waals surface area contributed by atoms with Crippen LogP contribution in [0, 0.1) is 11.3 Å². The van der Waals surface area contributed by atoms with E-state index in [4.69, 9.17) is 36.3 Å². The highest BCUT2D eigenvalue weighted by atomic mass is 35.5. The number of nitriles is 1. The second kappa shape index (κ2) is 8.13. The Morgan fingerprint density at radius 3 is 2.29 bits per heavy atom. The van der Waals surface area contributed by atoms with Crippen molar-refractivity contribution in [1.29, 1.82) is 5.26 Å². The predicted octanol–water partition coefficient (Wildman–Crippen LogP) is 3.97. The van der Waals surface area contributed by atoms with Gasteiger partial charge in [0.05, 0.1) is 38.5 Å². The molecule has 2 heterocycles. The van der Waals surface area contributed by atoms with Crippen molar-refractivity contribution < 1.29 is 18.9 Å². The van der Waals surface area contributed by atoms with Gasteiger partial charge >= 0.3 is 0 Å². The van der Waals surface area contributed by atoms with Crippen molar-refractivity contribution in [3.63, 3.8) is 0 Å². The third kappa shape index (κ3) is 3.39. The van der Waals surface area contributed by atoms with E-state index in [1.165, 1.54) is 7.11 Å². The first-order valence-corrected chi connectivity index (χ1v) is 9.61. The van der Waals surface area contributed by atoms with E-state index in [-0.39, 0.29) is 11.5 Å². The van der Waals surface area contributed by atoms with E-state index >= 15 is 0 Å². The Labute approximate surface area is 183 Å². The molecule has 1 aliphatic rings. The predicted molar refractivity (Wildman–Crippen MR) is 114 cm³/mol. The van der Waals surface area contributed by atoms with Gasteiger partial charge in [0.25, 0.3) is 0 Å². The third-order valence-electron chi connectivity index (χ3n) is 5.10. The molecule has 158 valence electrons. The smallest absolute Gasteiger partial charge is 0.244 e. The summed E-state index contributed by atoms with van der Waals surface area (Å²) in [5.41, 5.74) is 9.16. The van der Waals surface area contributed by atoms with Crippen LogP contribution in [0.4, 0.5) is 0 Å². The number of allylic oxidation sites excluding steroid dienone is 1. The number of hydrogen-bond acceptors (Lipinski definition) is 7. The highest BCUT2D eigenvalue weighted by molar-refractivity contribution is 6.30. The van der Waals surface area contributed by atoms with Gasteiger partial charge in [0, 0.05) is 10.6 Å². The number of nitrogens with two attached hydrogens (primary N) is 1. The summed E-state index contributed by atoms with van der Waals surface area (Å²) in [6.07, 6.45) is 0. The fourth-order valence-electron chi connectivity index (χ4n) is 3.68. The summed E-state index contributed by atoms with van der Waals surface area (Å²) >= 11 is 6.07. The van der Waals surface area contributed by atoms with Gasteiger partial charge in [-0.1, -0.05) is 23.7 Å². The number of nitrogens with one attached hydrogen (secondary N) is 1. The molecular formula is C22H19ClN4O4. The molecule has 3 aromatic rings. The molecule has 0 saturated heterocycles. The van der Waals surface area contributed by atoms with Gasteiger partial charge in [0.2, 0.25) is 17.5 Å². The topological polar surface area (TPSA) is 115 Å². The van der Waals surface area contributed by atoms with Gasteiger partial charge in [-0.05, 0) is 29.8 Å². The van der Waals surface area contributed by atoms with Crippen LogP contribution >= 0.6 is 11.6 Å². The Hall–Kier alpha value is -3.83. The molecule has 0 spiro atoms. The van der Waals surface area contributed by atoms with Crippen molar-refractivity contribution in [3.05, 3.63) is 64.0 Å². The molecule has 0 aliphatic carbocycles. The number of halogens is 1. The molecule has 0 amide bonds. The number of nitrogens with zero attached hydrogens (tertiary/aromatic N) is 2. The third-order valence-corrected chi connectivity index (χ3v) is 5.35. The van der Waals surface area contributed by atoms with E-state index in [1.54, 1.807) is 38.5 Å². The summed E-state index contributed by atoms with van der Waals surface area (Å²) in [6.45, 7) is 0. The summed E-state index contributed by atoms with van der Waals surface area (Å²) in [5.74, 6) is 1.23. The maximum Gasteiger partial charge on any atom is 0.244 e. The Kier molecular flexibility index (Phi) is 5.36. The maximum atomic E-state index is 9.82. The van der Waals surface area contributed by atoms with Crippen molar-refractivity contribution in [2.75, 3.05) is 21.3 Å². The van der Waals surface area contributed by atoms with E-state index in [2.05, 4.69) is 16.3 Å². The molecule has 2 aromatic carbocycles. The van der Waals surface area contributed by atoms with Gasteiger partial charge in [-0.3, -0.25) is 5.10 Å². The second-order valence-electron chi connectivity index (χ2n) is 6.71. The second-order valence-corrected chi connectivity index (χ2v) is 7.14. The van der Waals surface area contributed by atoms with Crippen molar-refractivity contribution in [2.45, 2.75) is 5.92 Å². The molecule has 1 aliphatic heterocycles. The molecule has 0 unspecified atom stereocenters. The summed E-state index contributed by atoms with van der Waals surface area (Å²) in [5, 5.41) is 17.7. The molecule has 9 heteroatoms. The van der Waals surface area contributed by atoms with Crippen LogP contribution < -0.4 is 24.7 Å². The summed E-state index contributed by atoms with van der Waals surface area (Å²) in [7, 11) is 4.62. The number of H-pyrrole nitrogens is 1. The number of aromatic amines is 1. The molecular weight excluding hydrogens is 420 g/mol. The quantitative estimate of drug-likeness (QED) is 0.619. The Morgan fingerprint density at radius 2 is 1.74 bits per heavy atom. The number of rotatable bonds is 5. The molecule has 0 radical (unpaired) electrons. The first kappa shape index (κ1) is 20.4. The van der Waals surface area contributed by atoms with Crippen LogP contribution in [-0.2, 0) is 0 Å². The fourth-order valence-corrected chi connectivity index (χ4v) is 3.81. The van der Waals surface area contributed by atoms with E-state index in [0.717, 1.165) is 5.56 Å². The number of methoxy groups -OCH3 is 3. The van der Waals surface area contributed by atoms with Crippen LogP contribution in [0.5, 0.6) is 23.1 Å². The van der Waals surface area contributed by atoms with Crippen molar-refractivity contribution in [3.8, 4) is 40.5 Å². The van der Waals surface area contributed by atoms with Crippen molar-refractivity contribution in [1.82, 2.24) is 10.2 Å². The highest BCUT2D eigenvalue weighted by Crippen LogP contribution is 2.48. The van der Waals surface area contributed by atoms with Gasteiger partial charge in [0.15, 0.2) is 11.5 Å². The van der Waals surface area contributed by atoms with E-state index < -0.39 is 5.92 Å². The van der Waals surface area contributed by atoms with E-state index in [1.807, 2.05) is 12.1 Å². The molecule has 1 aromatic heterocycles. The number of benzene rings is 2. The van der Waals surface area contributed by atoms with Crippen LogP contribution in [-0.4, -0.2) is 31.5 Å². The number of aromatic nitrogens is 2. The van der Waals surface area contributed by atoms with Gasteiger partial charge in [0.1, 0.15) is 11.6 Å². The van der Waals surface area contributed by atoms with Crippen LogP contribution in [0.2, 0.25) is 5.02 Å². The maximum absolute atomic E-state index is 9.82. The highest BCUT2D eigenvalue weighted by Gasteiger charge is 2.36. The average Bonchev–Trinajstić information content (AvgIpc) is 3.20. The Morgan fingerprint density at radius 1 is 1.10 bits per heavy atom. The molecule has 4 rings (SSSR count). The zero-order valence-corrected chi connectivity index (χ0v) is 17.8. The standard InChI is InChI=1S/C22H19ClN4O4/c1-28-15-8-12(9-16(29-2)20(15)30-3)19-18-17(11-4-6-13(23)7-5-11)14(10-24)21(25)31-22(18)27-26-19/h4-9,17H,25H2,1-3H3,(H,26,27)/t17-/m0/s1. The van der Waals surface area contributed by atoms with Crippen LogP contribution in [0.1, 0.15) is 17.0 Å². The van der Waals surface area contributed by atoms with Gasteiger partial charge in [-0.15, -0.1) is 5.10 Å². The molecule has 0 fully saturated rings. The first-order chi connectivity index (χ1) is 15.0. The van der Waals surface area contributed by atoms with Gasteiger partial charge in [-0.2, -0.15) is 5.26 Å². The lowest BCUT2D eigenvalue weighted by Crippen LogP contribution is -2.20. The van der Waals surface area contributed by atoms with Crippen molar-refractivity contribution >= 4 is 11.6 Å². The Balaban J connectivity index is 1.95. The van der Waals surface area contributed by atoms with Gasteiger partial charge in [-0.25, -0.2) is 0 Å². The van der Waals surface area contributed by atoms with Crippen molar-refractivity contribution in [2.24, 2.45) is 5.73 Å². The summed E-state index contributed by atoms with van der Waals surface area (Å²) in [4.78, 5) is 0. The lowest BCUT2D eigenvalue weighted by atomic mass is 9.83. The minimum atomic E-state index is -0.501. The largest absolute Gasteiger partial charge is 0.493 e. The lowest BCUT2D eigenvalue weighted by Gasteiger charge is -2.24. The Bertz CT molecular complexity index is 1190. The summed E-state index contributed by atoms with van der Waals surface area (Å²) < 4.78 is 22.0. The van der Waals surface area contributed by atoms with Gasteiger partial charge < -0.3 is 24.7 Å². The monoisotopic (exact) mass is 438 g/mol.